The minimum atomic E-state index is 0. The summed E-state index contributed by atoms with van der Waals surface area (Å²) in [7, 11) is 0. The summed E-state index contributed by atoms with van der Waals surface area (Å²) >= 11 is 2.64. The van der Waals surface area contributed by atoms with Crippen LogP contribution in [0.3, 0.4) is 0 Å². The molecule has 5 nitrogen and oxygen atoms in total. The molecule has 260 valence electrons. The fourth-order valence-electron chi connectivity index (χ4n) is 6.18. The van der Waals surface area contributed by atoms with Gasteiger partial charge >= 0.3 is 0 Å². The van der Waals surface area contributed by atoms with Crippen molar-refractivity contribution in [2.75, 3.05) is 6.61 Å². The van der Waals surface area contributed by atoms with E-state index in [-0.39, 0.29) is 14.9 Å². The normalized spacial score (nSPS) is 11.3. The zero-order valence-electron chi connectivity index (χ0n) is 29.3. The number of ether oxygens (including phenoxy) is 1. The number of hydrogen-bond donors (Lipinski definition) is 0. The molecule has 4 rings (SSSR count). The number of benzene rings is 2. The standard InChI is InChI=1S/C25H42N2OS.C12H16N2S.2CH4/c1-7-8-9-10-11-12-13-14-15-16-17-28-25-20(6)21(18(2)3)23-24(27-29-26-23)22(25)19(4)5;1-7(2)9-5-6-10(8(3)4)12-11(9)13-15-14-12;;/h18-19H,7-17H2,1-6H3;5-8H,1-4H3;2*1H4. The fourth-order valence-corrected chi connectivity index (χ4v) is 7.34. The third kappa shape index (κ3) is 11.0. The highest BCUT2D eigenvalue weighted by atomic mass is 32.1. The van der Waals surface area contributed by atoms with Crippen LogP contribution < -0.4 is 4.74 Å². The van der Waals surface area contributed by atoms with Gasteiger partial charge in [0.15, 0.2) is 0 Å². The third-order valence-electron chi connectivity index (χ3n) is 8.61. The van der Waals surface area contributed by atoms with E-state index in [0.717, 1.165) is 40.8 Å². The molecule has 0 aliphatic carbocycles. The average molecular weight is 671 g/mol. The van der Waals surface area contributed by atoms with E-state index in [9.17, 15) is 0 Å². The van der Waals surface area contributed by atoms with Gasteiger partial charge < -0.3 is 4.74 Å². The quantitative estimate of drug-likeness (QED) is 0.111. The monoisotopic (exact) mass is 670 g/mol. The van der Waals surface area contributed by atoms with Crippen LogP contribution in [0.4, 0.5) is 0 Å². The lowest BCUT2D eigenvalue weighted by Crippen LogP contribution is -2.07. The van der Waals surface area contributed by atoms with Crippen LogP contribution in [-0.4, -0.2) is 24.1 Å². The predicted molar refractivity (Wildman–Crippen MR) is 207 cm³/mol. The van der Waals surface area contributed by atoms with Gasteiger partial charge in [0, 0.05) is 5.56 Å². The first kappa shape index (κ1) is 41.9. The summed E-state index contributed by atoms with van der Waals surface area (Å²) in [6.07, 6.45) is 13.5. The second kappa shape index (κ2) is 21.0. The molecule has 0 radical (unpaired) electrons. The Bertz CT molecular complexity index is 1380. The van der Waals surface area contributed by atoms with Gasteiger partial charge in [-0.2, -0.15) is 17.5 Å². The lowest BCUT2D eigenvalue weighted by atomic mass is 9.89. The molecule has 0 saturated carbocycles. The van der Waals surface area contributed by atoms with Gasteiger partial charge in [-0.1, -0.05) is 147 Å². The maximum atomic E-state index is 6.41. The van der Waals surface area contributed by atoms with E-state index in [4.69, 9.17) is 4.74 Å². The molecule has 0 unspecified atom stereocenters. The number of unbranched alkanes of at least 4 members (excludes halogenated alkanes) is 9. The average Bonchev–Trinajstić information content (AvgIpc) is 3.65. The van der Waals surface area contributed by atoms with Crippen molar-refractivity contribution in [3.8, 4) is 5.75 Å². The van der Waals surface area contributed by atoms with Gasteiger partial charge in [0.2, 0.25) is 0 Å². The van der Waals surface area contributed by atoms with E-state index in [0.29, 0.717) is 23.7 Å². The molecule has 0 aliphatic heterocycles. The molecular formula is C39H66N4OS2. The van der Waals surface area contributed by atoms with Crippen molar-refractivity contribution in [2.45, 2.75) is 172 Å². The maximum absolute atomic E-state index is 6.41. The summed E-state index contributed by atoms with van der Waals surface area (Å²) in [6, 6.07) is 4.40. The molecule has 0 fully saturated rings. The number of fused-ring (bicyclic) bond motifs is 2. The van der Waals surface area contributed by atoms with Crippen LogP contribution >= 0.6 is 23.5 Å². The second-order valence-corrected chi connectivity index (χ2v) is 14.7. The Hall–Kier alpha value is -2.12. The Morgan fingerprint density at radius 1 is 0.543 bits per heavy atom. The molecule has 2 aromatic heterocycles. The van der Waals surface area contributed by atoms with Crippen molar-refractivity contribution in [1.82, 2.24) is 17.5 Å². The van der Waals surface area contributed by atoms with Crippen LogP contribution in [-0.2, 0) is 0 Å². The van der Waals surface area contributed by atoms with E-state index >= 15 is 0 Å². The van der Waals surface area contributed by atoms with Crippen molar-refractivity contribution in [1.29, 1.82) is 0 Å². The second-order valence-electron chi connectivity index (χ2n) is 13.6. The first-order chi connectivity index (χ1) is 21.1. The molecule has 46 heavy (non-hydrogen) atoms. The minimum Gasteiger partial charge on any atom is -0.493 e. The molecular weight excluding hydrogens is 605 g/mol. The minimum absolute atomic E-state index is 0. The molecule has 2 heterocycles. The molecule has 4 aromatic rings. The molecule has 0 saturated heterocycles. The van der Waals surface area contributed by atoms with Gasteiger partial charge in [0.1, 0.15) is 27.8 Å². The van der Waals surface area contributed by atoms with Gasteiger partial charge in [0.25, 0.3) is 0 Å². The number of rotatable bonds is 16. The van der Waals surface area contributed by atoms with Crippen LogP contribution in [0.15, 0.2) is 12.1 Å². The molecule has 0 amide bonds. The topological polar surface area (TPSA) is 60.8 Å². The van der Waals surface area contributed by atoms with E-state index in [1.54, 1.807) is 0 Å². The van der Waals surface area contributed by atoms with Crippen molar-refractivity contribution in [3.63, 3.8) is 0 Å². The van der Waals surface area contributed by atoms with Crippen LogP contribution in [0.5, 0.6) is 5.75 Å². The Balaban J connectivity index is 0.000000525. The van der Waals surface area contributed by atoms with Gasteiger partial charge in [-0.3, -0.25) is 0 Å². The number of hydrogen-bond acceptors (Lipinski definition) is 7. The van der Waals surface area contributed by atoms with E-state index in [1.807, 2.05) is 0 Å². The summed E-state index contributed by atoms with van der Waals surface area (Å²) in [5.41, 5.74) is 10.7. The zero-order chi connectivity index (χ0) is 32.2. The Labute approximate surface area is 291 Å². The van der Waals surface area contributed by atoms with Crippen LogP contribution in [0.2, 0.25) is 0 Å². The summed E-state index contributed by atoms with van der Waals surface area (Å²) < 4.78 is 24.5. The maximum Gasteiger partial charge on any atom is 0.128 e. The van der Waals surface area contributed by atoms with Crippen LogP contribution in [0.1, 0.15) is 193 Å². The van der Waals surface area contributed by atoms with Crippen LogP contribution in [0, 0.1) is 6.92 Å². The van der Waals surface area contributed by atoms with Gasteiger partial charge in [-0.25, -0.2) is 0 Å². The largest absolute Gasteiger partial charge is 0.493 e. The van der Waals surface area contributed by atoms with Crippen molar-refractivity contribution in [2.24, 2.45) is 0 Å². The highest BCUT2D eigenvalue weighted by Crippen LogP contribution is 2.41. The molecule has 0 spiro atoms. The first-order valence-electron chi connectivity index (χ1n) is 17.3. The predicted octanol–water partition coefficient (Wildman–Crippen LogP) is 13.8. The summed E-state index contributed by atoms with van der Waals surface area (Å²) in [5.74, 6) is 2.89. The summed E-state index contributed by atoms with van der Waals surface area (Å²) in [6.45, 7) is 23.0. The van der Waals surface area contributed by atoms with Gasteiger partial charge in [-0.05, 0) is 59.3 Å². The fraction of sp³-hybridized carbons (Fsp3) is 0.692. The van der Waals surface area contributed by atoms with Crippen molar-refractivity contribution >= 4 is 45.5 Å². The summed E-state index contributed by atoms with van der Waals surface area (Å²) in [4.78, 5) is 0. The summed E-state index contributed by atoms with van der Waals surface area (Å²) in [5, 5.41) is 0. The highest BCUT2D eigenvalue weighted by molar-refractivity contribution is 7.00. The SMILES string of the molecule is C.C.CC(C)c1ccc(C(C)C)c2nsnc12.CCCCCCCCCCCCOc1c(C)c(C(C)C)c2nsnc2c1C(C)C. The van der Waals surface area contributed by atoms with E-state index in [2.05, 4.69) is 98.9 Å². The molecule has 0 aliphatic rings. The van der Waals surface area contributed by atoms with Crippen LogP contribution in [0.25, 0.3) is 22.1 Å². The van der Waals surface area contributed by atoms with Gasteiger partial charge in [0.05, 0.1) is 30.1 Å². The molecule has 0 N–H and O–H groups in total. The van der Waals surface area contributed by atoms with E-state index < -0.39 is 0 Å². The molecule has 2 aromatic carbocycles. The number of nitrogens with zero attached hydrogens (tertiary/aromatic N) is 4. The van der Waals surface area contributed by atoms with Crippen molar-refractivity contribution < 1.29 is 4.74 Å². The third-order valence-corrected chi connectivity index (χ3v) is 9.67. The Morgan fingerprint density at radius 2 is 0.935 bits per heavy atom. The molecule has 0 atom stereocenters. The Morgan fingerprint density at radius 3 is 1.35 bits per heavy atom. The first-order valence-corrected chi connectivity index (χ1v) is 18.7. The van der Waals surface area contributed by atoms with Gasteiger partial charge in [-0.15, -0.1) is 0 Å². The number of aromatic nitrogens is 4. The van der Waals surface area contributed by atoms with Crippen molar-refractivity contribution in [3.05, 3.63) is 39.9 Å². The zero-order valence-corrected chi connectivity index (χ0v) is 30.9. The highest BCUT2D eigenvalue weighted by Gasteiger charge is 2.24. The smallest absolute Gasteiger partial charge is 0.128 e. The lowest BCUT2D eigenvalue weighted by molar-refractivity contribution is 0.298. The Kier molecular flexibility index (Phi) is 19.1. The molecule has 0 bridgehead atoms. The molecule has 7 heteroatoms. The van der Waals surface area contributed by atoms with E-state index in [1.165, 1.54) is 109 Å². The lowest BCUT2D eigenvalue weighted by Gasteiger charge is -2.21.